The molecular formula is C9H13NO2. The average molecular weight is 167 g/mol. The molecule has 3 heteroatoms. The molecule has 0 saturated heterocycles. The summed E-state index contributed by atoms with van der Waals surface area (Å²) in [6.45, 7) is 3.23. The molecule has 0 atom stereocenters. The summed E-state index contributed by atoms with van der Waals surface area (Å²) in [6, 6.07) is 7.01. The number of aromatic hydroxyl groups is 1. The van der Waals surface area contributed by atoms with Crippen molar-refractivity contribution in [3.8, 4) is 5.75 Å². The lowest BCUT2D eigenvalue weighted by Gasteiger charge is -2.03. The van der Waals surface area contributed by atoms with Gasteiger partial charge in [0.25, 0.3) is 0 Å². The molecule has 66 valence electrons. The van der Waals surface area contributed by atoms with Gasteiger partial charge in [0, 0.05) is 6.54 Å². The monoisotopic (exact) mass is 167 g/mol. The first kappa shape index (κ1) is 9.03. The molecule has 0 aliphatic heterocycles. The minimum atomic E-state index is 0.287. The van der Waals surface area contributed by atoms with Crippen LogP contribution in [0.25, 0.3) is 0 Å². The quantitative estimate of drug-likeness (QED) is 0.526. The van der Waals surface area contributed by atoms with Crippen LogP contribution in [-0.4, -0.2) is 11.7 Å². The zero-order chi connectivity index (χ0) is 8.81. The molecule has 0 bridgehead atoms. The molecular weight excluding hydrogens is 154 g/mol. The first-order valence-corrected chi connectivity index (χ1v) is 3.95. The molecule has 0 unspecified atom stereocenters. The Labute approximate surface area is 71.9 Å². The average Bonchev–Trinajstić information content (AvgIpc) is 2.09. The lowest BCUT2D eigenvalue weighted by Crippen LogP contribution is -2.13. The number of benzene rings is 1. The Bertz CT molecular complexity index is 220. The zero-order valence-electron chi connectivity index (χ0n) is 7.08. The van der Waals surface area contributed by atoms with Gasteiger partial charge in [-0.05, 0) is 24.6 Å². The second-order valence-corrected chi connectivity index (χ2v) is 2.42. The normalized spacial score (nSPS) is 10.1. The van der Waals surface area contributed by atoms with Gasteiger partial charge < -0.3 is 9.94 Å². The Hall–Kier alpha value is -1.06. The lowest BCUT2D eigenvalue weighted by atomic mass is 10.2. The highest BCUT2D eigenvalue weighted by Crippen LogP contribution is 2.08. The molecule has 0 aromatic heterocycles. The summed E-state index contributed by atoms with van der Waals surface area (Å²) in [6.07, 6.45) is 0. The molecule has 0 heterocycles. The van der Waals surface area contributed by atoms with Crippen molar-refractivity contribution in [1.29, 1.82) is 0 Å². The van der Waals surface area contributed by atoms with E-state index >= 15 is 0 Å². The Morgan fingerprint density at radius 2 is 2.00 bits per heavy atom. The maximum absolute atomic E-state index is 8.98. The van der Waals surface area contributed by atoms with Crippen molar-refractivity contribution in [2.45, 2.75) is 13.5 Å². The third-order valence-corrected chi connectivity index (χ3v) is 1.46. The van der Waals surface area contributed by atoms with Gasteiger partial charge in [-0.1, -0.05) is 12.1 Å². The van der Waals surface area contributed by atoms with Gasteiger partial charge in [0.2, 0.25) is 0 Å². The van der Waals surface area contributed by atoms with E-state index in [0.717, 1.165) is 5.56 Å². The number of rotatable bonds is 4. The molecule has 1 aromatic rings. The molecule has 1 aromatic carbocycles. The largest absolute Gasteiger partial charge is 0.508 e. The van der Waals surface area contributed by atoms with Crippen molar-refractivity contribution in [2.24, 2.45) is 0 Å². The minimum Gasteiger partial charge on any atom is -0.508 e. The van der Waals surface area contributed by atoms with E-state index in [4.69, 9.17) is 9.94 Å². The van der Waals surface area contributed by atoms with Gasteiger partial charge in [0.05, 0.1) is 6.61 Å². The van der Waals surface area contributed by atoms with Crippen molar-refractivity contribution in [3.05, 3.63) is 29.8 Å². The third kappa shape index (κ3) is 2.90. The van der Waals surface area contributed by atoms with Crippen LogP contribution in [0.2, 0.25) is 0 Å². The fraction of sp³-hybridized carbons (Fsp3) is 0.333. The number of phenolic OH excluding ortho intramolecular Hbond substituents is 1. The summed E-state index contributed by atoms with van der Waals surface area (Å²) in [7, 11) is 0. The predicted octanol–water partition coefficient (Wildman–Crippen LogP) is 1.43. The fourth-order valence-electron chi connectivity index (χ4n) is 0.850. The minimum absolute atomic E-state index is 0.287. The number of phenols is 1. The first-order valence-electron chi connectivity index (χ1n) is 3.95. The molecule has 0 amide bonds. The van der Waals surface area contributed by atoms with Crippen LogP contribution < -0.4 is 5.48 Å². The van der Waals surface area contributed by atoms with Crippen molar-refractivity contribution >= 4 is 0 Å². The van der Waals surface area contributed by atoms with Gasteiger partial charge in [-0.2, -0.15) is 5.48 Å². The van der Waals surface area contributed by atoms with Crippen molar-refractivity contribution in [2.75, 3.05) is 6.61 Å². The molecule has 0 spiro atoms. The standard InChI is InChI=1S/C9H13NO2/c1-2-12-10-7-8-3-5-9(11)6-4-8/h3-6,10-11H,2,7H2,1H3. The highest BCUT2D eigenvalue weighted by molar-refractivity contribution is 5.25. The summed E-state index contributed by atoms with van der Waals surface area (Å²) in [5.41, 5.74) is 3.87. The maximum Gasteiger partial charge on any atom is 0.115 e. The Morgan fingerprint density at radius 1 is 1.33 bits per heavy atom. The summed E-state index contributed by atoms with van der Waals surface area (Å²) < 4.78 is 0. The number of hydrogen-bond acceptors (Lipinski definition) is 3. The summed E-state index contributed by atoms with van der Waals surface area (Å²) in [4.78, 5) is 4.96. The highest BCUT2D eigenvalue weighted by atomic mass is 16.6. The molecule has 0 aliphatic carbocycles. The van der Waals surface area contributed by atoms with Gasteiger partial charge in [0.15, 0.2) is 0 Å². The molecule has 1 rings (SSSR count). The van der Waals surface area contributed by atoms with Gasteiger partial charge >= 0.3 is 0 Å². The van der Waals surface area contributed by atoms with Crippen LogP contribution in [0.4, 0.5) is 0 Å². The van der Waals surface area contributed by atoms with E-state index in [1.807, 2.05) is 19.1 Å². The van der Waals surface area contributed by atoms with Crippen LogP contribution in [0.15, 0.2) is 24.3 Å². The topological polar surface area (TPSA) is 41.5 Å². The van der Waals surface area contributed by atoms with Crippen molar-refractivity contribution in [1.82, 2.24) is 5.48 Å². The van der Waals surface area contributed by atoms with Gasteiger partial charge in [0.1, 0.15) is 5.75 Å². The van der Waals surface area contributed by atoms with Crippen molar-refractivity contribution in [3.63, 3.8) is 0 Å². The Balaban J connectivity index is 2.37. The van der Waals surface area contributed by atoms with E-state index in [0.29, 0.717) is 13.2 Å². The SMILES string of the molecule is CCONCc1ccc(O)cc1. The van der Waals surface area contributed by atoms with E-state index < -0.39 is 0 Å². The summed E-state index contributed by atoms with van der Waals surface area (Å²) >= 11 is 0. The van der Waals surface area contributed by atoms with Crippen LogP contribution in [-0.2, 0) is 11.4 Å². The summed E-state index contributed by atoms with van der Waals surface area (Å²) in [5, 5.41) is 8.98. The third-order valence-electron chi connectivity index (χ3n) is 1.46. The Kier molecular flexibility index (Phi) is 3.57. The molecule has 0 radical (unpaired) electrons. The van der Waals surface area contributed by atoms with E-state index in [2.05, 4.69) is 5.48 Å². The number of hydrogen-bond donors (Lipinski definition) is 2. The van der Waals surface area contributed by atoms with E-state index in [1.54, 1.807) is 12.1 Å². The molecule has 2 N–H and O–H groups in total. The second kappa shape index (κ2) is 4.74. The van der Waals surface area contributed by atoms with Crippen LogP contribution in [0, 0.1) is 0 Å². The summed E-state index contributed by atoms with van der Waals surface area (Å²) in [5.74, 6) is 0.287. The van der Waals surface area contributed by atoms with E-state index in [1.165, 1.54) is 0 Å². The van der Waals surface area contributed by atoms with Crippen LogP contribution in [0.5, 0.6) is 5.75 Å². The van der Waals surface area contributed by atoms with Crippen LogP contribution in [0.3, 0.4) is 0 Å². The van der Waals surface area contributed by atoms with Gasteiger partial charge in [-0.15, -0.1) is 0 Å². The fourth-order valence-corrected chi connectivity index (χ4v) is 0.850. The van der Waals surface area contributed by atoms with Gasteiger partial charge in [-0.3, -0.25) is 0 Å². The highest BCUT2D eigenvalue weighted by Gasteiger charge is 1.91. The van der Waals surface area contributed by atoms with Gasteiger partial charge in [-0.25, -0.2) is 0 Å². The predicted molar refractivity (Wildman–Crippen MR) is 46.6 cm³/mol. The molecule has 0 aliphatic rings. The smallest absolute Gasteiger partial charge is 0.115 e. The van der Waals surface area contributed by atoms with Crippen LogP contribution in [0.1, 0.15) is 12.5 Å². The maximum atomic E-state index is 8.98. The Morgan fingerprint density at radius 3 is 2.58 bits per heavy atom. The van der Waals surface area contributed by atoms with E-state index in [9.17, 15) is 0 Å². The molecule has 3 nitrogen and oxygen atoms in total. The lowest BCUT2D eigenvalue weighted by molar-refractivity contribution is 0.0463. The number of hydroxylamine groups is 1. The molecule has 0 saturated carbocycles. The van der Waals surface area contributed by atoms with E-state index in [-0.39, 0.29) is 5.75 Å². The molecule has 12 heavy (non-hydrogen) atoms. The number of nitrogens with one attached hydrogen (secondary N) is 1. The zero-order valence-corrected chi connectivity index (χ0v) is 7.08. The first-order chi connectivity index (χ1) is 5.83. The second-order valence-electron chi connectivity index (χ2n) is 2.42. The van der Waals surface area contributed by atoms with Crippen LogP contribution >= 0.6 is 0 Å². The molecule has 0 fully saturated rings. The van der Waals surface area contributed by atoms with Crippen molar-refractivity contribution < 1.29 is 9.94 Å².